The van der Waals surface area contributed by atoms with Crippen molar-refractivity contribution in [2.24, 2.45) is 5.92 Å². The minimum atomic E-state index is -0.251. The first-order valence-corrected chi connectivity index (χ1v) is 9.22. The molecule has 0 saturated carbocycles. The number of piperidine rings is 1. The Balaban J connectivity index is 1.78. The molecular formula is C21H26FN3O. The van der Waals surface area contributed by atoms with Gasteiger partial charge in [-0.1, -0.05) is 13.8 Å². The number of nitrogens with one attached hydrogen (secondary N) is 1. The molecule has 0 aliphatic carbocycles. The molecule has 0 bridgehead atoms. The lowest BCUT2D eigenvalue weighted by Gasteiger charge is -2.34. The number of carbonyl (C=O) groups is 1. The molecule has 2 heterocycles. The zero-order valence-corrected chi connectivity index (χ0v) is 15.6. The van der Waals surface area contributed by atoms with E-state index in [9.17, 15) is 9.18 Å². The molecule has 1 aromatic carbocycles. The molecule has 0 unspecified atom stereocenters. The topological polar surface area (TPSA) is 45.2 Å². The first kappa shape index (κ1) is 18.4. The number of hydrogen-bond donors (Lipinski definition) is 1. The zero-order valence-electron chi connectivity index (χ0n) is 15.6. The minimum absolute atomic E-state index is 0.0231. The van der Waals surface area contributed by atoms with Crippen molar-refractivity contribution >= 4 is 17.3 Å². The van der Waals surface area contributed by atoms with Crippen molar-refractivity contribution in [1.82, 2.24) is 9.88 Å². The van der Waals surface area contributed by atoms with Crippen LogP contribution in [0.3, 0.4) is 0 Å². The van der Waals surface area contributed by atoms with Crippen molar-refractivity contribution in [2.75, 3.05) is 18.4 Å². The number of hydrogen-bond acceptors (Lipinski definition) is 3. The van der Waals surface area contributed by atoms with Crippen molar-refractivity contribution in [2.45, 2.75) is 39.5 Å². The second-order valence-corrected chi connectivity index (χ2v) is 7.33. The lowest BCUT2D eigenvalue weighted by Crippen LogP contribution is -2.41. The molecule has 1 aromatic heterocycles. The van der Waals surface area contributed by atoms with Crippen molar-refractivity contribution in [3.63, 3.8) is 0 Å². The average Bonchev–Trinajstić information content (AvgIpc) is 2.62. The van der Waals surface area contributed by atoms with Gasteiger partial charge in [0, 0.05) is 47.7 Å². The Morgan fingerprint density at radius 2 is 1.96 bits per heavy atom. The quantitative estimate of drug-likeness (QED) is 0.869. The third kappa shape index (κ3) is 4.40. The Morgan fingerprint density at radius 1 is 1.23 bits per heavy atom. The predicted octanol–water partition coefficient (Wildman–Crippen LogP) is 4.63. The van der Waals surface area contributed by atoms with E-state index in [0.29, 0.717) is 0 Å². The summed E-state index contributed by atoms with van der Waals surface area (Å²) in [7, 11) is 0. The van der Waals surface area contributed by atoms with Crippen LogP contribution in [0.4, 0.5) is 15.8 Å². The van der Waals surface area contributed by atoms with E-state index >= 15 is 0 Å². The highest BCUT2D eigenvalue weighted by atomic mass is 19.1. The molecule has 1 aliphatic heterocycles. The van der Waals surface area contributed by atoms with Gasteiger partial charge in [0.25, 0.3) is 0 Å². The third-order valence-corrected chi connectivity index (χ3v) is 4.75. The van der Waals surface area contributed by atoms with E-state index in [2.05, 4.69) is 5.32 Å². The summed E-state index contributed by atoms with van der Waals surface area (Å²) >= 11 is 0. The summed E-state index contributed by atoms with van der Waals surface area (Å²) in [4.78, 5) is 19.0. The van der Waals surface area contributed by atoms with E-state index < -0.39 is 0 Å². The molecule has 0 spiro atoms. The van der Waals surface area contributed by atoms with Gasteiger partial charge < -0.3 is 10.2 Å². The fraction of sp³-hybridized carbons (Fsp3) is 0.429. The normalized spacial score (nSPS) is 17.4. The number of aromatic nitrogens is 1. The van der Waals surface area contributed by atoms with Gasteiger partial charge in [0.05, 0.1) is 0 Å². The Morgan fingerprint density at radius 3 is 2.65 bits per heavy atom. The summed E-state index contributed by atoms with van der Waals surface area (Å²) in [6.07, 6.45) is 2.04. The zero-order chi connectivity index (χ0) is 18.7. The summed E-state index contributed by atoms with van der Waals surface area (Å²) in [5.41, 5.74) is 3.71. The number of halogens is 1. The van der Waals surface area contributed by atoms with Gasteiger partial charge in [-0.3, -0.25) is 9.78 Å². The van der Waals surface area contributed by atoms with Gasteiger partial charge >= 0.3 is 0 Å². The summed E-state index contributed by atoms with van der Waals surface area (Å²) in [5.74, 6) is 0.237. The highest BCUT2D eigenvalue weighted by Crippen LogP contribution is 2.29. The number of amides is 1. The third-order valence-electron chi connectivity index (χ3n) is 4.75. The van der Waals surface area contributed by atoms with E-state index in [1.54, 1.807) is 12.1 Å². The van der Waals surface area contributed by atoms with Crippen LogP contribution in [0.1, 0.15) is 44.0 Å². The molecule has 26 heavy (non-hydrogen) atoms. The maximum Gasteiger partial charge on any atom is 0.225 e. The number of benzene rings is 1. The molecule has 1 amide bonds. The molecule has 1 N–H and O–H groups in total. The number of nitrogens with zero attached hydrogens (tertiary/aromatic N) is 2. The van der Waals surface area contributed by atoms with E-state index in [1.807, 2.05) is 37.8 Å². The summed E-state index contributed by atoms with van der Waals surface area (Å²) in [6.45, 7) is 7.42. The molecule has 2 aromatic rings. The van der Waals surface area contributed by atoms with Gasteiger partial charge in [0.15, 0.2) is 0 Å². The molecule has 5 heteroatoms. The first-order valence-electron chi connectivity index (χ1n) is 9.22. The summed E-state index contributed by atoms with van der Waals surface area (Å²) < 4.78 is 13.1. The maximum atomic E-state index is 13.1. The van der Waals surface area contributed by atoms with Crippen LogP contribution < -0.4 is 5.32 Å². The lowest BCUT2D eigenvalue weighted by atomic mass is 9.93. The molecule has 0 radical (unpaired) electrons. The second-order valence-electron chi connectivity index (χ2n) is 7.33. The number of carbonyl (C=O) groups excluding carboxylic acids is 1. The summed E-state index contributed by atoms with van der Waals surface area (Å²) in [6, 6.07) is 10.3. The Labute approximate surface area is 154 Å². The Kier molecular flexibility index (Phi) is 5.55. The van der Waals surface area contributed by atoms with Crippen molar-refractivity contribution in [3.05, 3.63) is 53.6 Å². The van der Waals surface area contributed by atoms with Gasteiger partial charge in [-0.25, -0.2) is 4.39 Å². The standard InChI is InChI=1S/C21H26FN3O/c1-14(2)21(26)25-10-4-5-16(13-25)20-12-19(11-15(3)23-20)24-18-8-6-17(22)7-9-18/h6-9,11-12,14,16H,4-5,10,13H2,1-3H3,(H,23,24)/t16-/m0/s1. The highest BCUT2D eigenvalue weighted by molar-refractivity contribution is 5.78. The largest absolute Gasteiger partial charge is 0.355 e. The minimum Gasteiger partial charge on any atom is -0.355 e. The van der Waals surface area contributed by atoms with E-state index in [-0.39, 0.29) is 23.6 Å². The van der Waals surface area contributed by atoms with Crippen LogP contribution in [0.5, 0.6) is 0 Å². The number of likely N-dealkylation sites (tertiary alicyclic amines) is 1. The average molecular weight is 355 g/mol. The van der Waals surface area contributed by atoms with Gasteiger partial charge in [0.2, 0.25) is 5.91 Å². The molecule has 3 rings (SSSR count). The number of aryl methyl sites for hydroxylation is 1. The van der Waals surface area contributed by atoms with Crippen LogP contribution >= 0.6 is 0 Å². The SMILES string of the molecule is Cc1cc(Nc2ccc(F)cc2)cc([C@H]2CCCN(C(=O)C(C)C)C2)n1. The van der Waals surface area contributed by atoms with E-state index in [1.165, 1.54) is 12.1 Å². The van der Waals surface area contributed by atoms with Gasteiger partial charge in [-0.15, -0.1) is 0 Å². The number of rotatable bonds is 4. The molecule has 138 valence electrons. The molecular weight excluding hydrogens is 329 g/mol. The maximum absolute atomic E-state index is 13.1. The molecule has 4 nitrogen and oxygen atoms in total. The van der Waals surface area contributed by atoms with E-state index in [0.717, 1.165) is 48.7 Å². The first-order chi connectivity index (χ1) is 12.4. The van der Waals surface area contributed by atoms with Crippen LogP contribution in [0, 0.1) is 18.7 Å². The molecule has 1 saturated heterocycles. The van der Waals surface area contributed by atoms with Gasteiger partial charge in [0.1, 0.15) is 5.82 Å². The Hall–Kier alpha value is -2.43. The van der Waals surface area contributed by atoms with E-state index in [4.69, 9.17) is 4.98 Å². The molecule has 1 atom stereocenters. The van der Waals surface area contributed by atoms with Crippen LogP contribution in [0.25, 0.3) is 0 Å². The van der Waals surface area contributed by atoms with Crippen LogP contribution in [-0.4, -0.2) is 28.9 Å². The monoisotopic (exact) mass is 355 g/mol. The number of anilines is 2. The second kappa shape index (κ2) is 7.85. The smallest absolute Gasteiger partial charge is 0.225 e. The van der Waals surface area contributed by atoms with Crippen LogP contribution in [-0.2, 0) is 4.79 Å². The lowest BCUT2D eigenvalue weighted by molar-refractivity contribution is -0.135. The van der Waals surface area contributed by atoms with Crippen LogP contribution in [0.15, 0.2) is 36.4 Å². The van der Waals surface area contributed by atoms with Gasteiger partial charge in [-0.2, -0.15) is 0 Å². The van der Waals surface area contributed by atoms with Gasteiger partial charge in [-0.05, 0) is 56.2 Å². The Bertz CT molecular complexity index is 773. The number of pyridine rings is 1. The van der Waals surface area contributed by atoms with Crippen molar-refractivity contribution in [3.8, 4) is 0 Å². The van der Waals surface area contributed by atoms with Crippen molar-refractivity contribution in [1.29, 1.82) is 0 Å². The fourth-order valence-corrected chi connectivity index (χ4v) is 3.46. The predicted molar refractivity (Wildman–Crippen MR) is 102 cm³/mol. The highest BCUT2D eigenvalue weighted by Gasteiger charge is 2.27. The fourth-order valence-electron chi connectivity index (χ4n) is 3.46. The van der Waals surface area contributed by atoms with Crippen molar-refractivity contribution < 1.29 is 9.18 Å². The summed E-state index contributed by atoms with van der Waals surface area (Å²) in [5, 5.41) is 3.32. The molecule has 1 aliphatic rings. The molecule has 1 fully saturated rings. The van der Waals surface area contributed by atoms with Crippen LogP contribution in [0.2, 0.25) is 0 Å².